The molecule has 2 aromatic rings. The van der Waals surface area contributed by atoms with E-state index in [1.165, 1.54) is 10.6 Å². The Bertz CT molecular complexity index is 894. The highest BCUT2D eigenvalue weighted by molar-refractivity contribution is 7.98. The molecule has 0 saturated heterocycles. The number of benzene rings is 2. The average Bonchev–Trinajstić information content (AvgIpc) is 2.98. The number of nitrogens with one attached hydrogen (secondary N) is 1. The van der Waals surface area contributed by atoms with E-state index in [2.05, 4.69) is 5.32 Å². The van der Waals surface area contributed by atoms with Gasteiger partial charge in [0.2, 0.25) is 10.0 Å². The molecule has 5 nitrogen and oxygen atoms in total. The van der Waals surface area contributed by atoms with Crippen LogP contribution in [0.25, 0.3) is 0 Å². The molecule has 0 radical (unpaired) electrons. The monoisotopic (exact) mass is 362 g/mol. The molecule has 2 aromatic carbocycles. The quantitative estimate of drug-likeness (QED) is 0.849. The van der Waals surface area contributed by atoms with E-state index in [4.69, 9.17) is 0 Å². The molecule has 7 heteroatoms. The second-order valence-electron chi connectivity index (χ2n) is 5.61. The van der Waals surface area contributed by atoms with Gasteiger partial charge in [0.25, 0.3) is 5.91 Å². The number of fused-ring (bicyclic) bond motifs is 1. The summed E-state index contributed by atoms with van der Waals surface area (Å²) >= 11 is 1.61. The van der Waals surface area contributed by atoms with Gasteiger partial charge in [-0.25, -0.2) is 8.42 Å². The van der Waals surface area contributed by atoms with Crippen LogP contribution in [0.3, 0.4) is 0 Å². The summed E-state index contributed by atoms with van der Waals surface area (Å²) in [6, 6.07) is 12.8. The van der Waals surface area contributed by atoms with Crippen LogP contribution in [0.15, 0.2) is 47.4 Å². The van der Waals surface area contributed by atoms with Crippen molar-refractivity contribution in [3.63, 3.8) is 0 Å². The summed E-state index contributed by atoms with van der Waals surface area (Å²) in [5.74, 6) is -0.200. The van der Waals surface area contributed by atoms with E-state index in [1.807, 2.05) is 30.5 Å². The molecule has 0 fully saturated rings. The van der Waals surface area contributed by atoms with E-state index in [0.717, 1.165) is 16.1 Å². The molecule has 0 atom stereocenters. The summed E-state index contributed by atoms with van der Waals surface area (Å²) < 4.78 is 24.9. The fraction of sp³-hybridized carbons (Fsp3) is 0.235. The number of hydrogen-bond donors (Lipinski definition) is 1. The predicted molar refractivity (Wildman–Crippen MR) is 98.5 cm³/mol. The third-order valence-electron chi connectivity index (χ3n) is 3.92. The first-order valence-corrected chi connectivity index (χ1v) is 10.5. The molecular formula is C17H18N2O3S2. The number of nitrogens with zero attached hydrogens (tertiary/aromatic N) is 1. The Morgan fingerprint density at radius 1 is 1.21 bits per heavy atom. The lowest BCUT2D eigenvalue weighted by Gasteiger charge is -2.16. The normalized spacial score (nSPS) is 13.7. The zero-order valence-electron chi connectivity index (χ0n) is 13.4. The summed E-state index contributed by atoms with van der Waals surface area (Å²) in [6.45, 7) is 0.426. The third-order valence-corrected chi connectivity index (χ3v) is 5.83. The minimum atomic E-state index is -3.27. The number of anilines is 2. The lowest BCUT2D eigenvalue weighted by atomic mass is 10.1. The van der Waals surface area contributed by atoms with E-state index in [1.54, 1.807) is 30.0 Å². The molecular weight excluding hydrogens is 344 g/mol. The number of hydrogen-bond acceptors (Lipinski definition) is 4. The van der Waals surface area contributed by atoms with Crippen LogP contribution in [0.4, 0.5) is 11.4 Å². The van der Waals surface area contributed by atoms with Crippen molar-refractivity contribution in [2.45, 2.75) is 11.3 Å². The second-order valence-corrected chi connectivity index (χ2v) is 8.40. The van der Waals surface area contributed by atoms with Gasteiger partial charge in [0.1, 0.15) is 0 Å². The highest BCUT2D eigenvalue weighted by atomic mass is 32.2. The first-order chi connectivity index (χ1) is 11.4. The summed E-state index contributed by atoms with van der Waals surface area (Å²) in [6.07, 6.45) is 3.79. The second kappa shape index (κ2) is 6.49. The molecule has 1 amide bonds. The molecule has 1 aliphatic rings. The van der Waals surface area contributed by atoms with Gasteiger partial charge in [0.05, 0.1) is 11.9 Å². The molecule has 0 aromatic heterocycles. The fourth-order valence-electron chi connectivity index (χ4n) is 2.76. The highest BCUT2D eigenvalue weighted by Crippen LogP contribution is 2.31. The molecule has 0 saturated carbocycles. The first-order valence-electron chi connectivity index (χ1n) is 7.44. The van der Waals surface area contributed by atoms with Crippen molar-refractivity contribution in [1.82, 2.24) is 0 Å². The van der Waals surface area contributed by atoms with Crippen molar-refractivity contribution < 1.29 is 13.2 Å². The van der Waals surface area contributed by atoms with Crippen molar-refractivity contribution in [2.75, 3.05) is 28.7 Å². The van der Waals surface area contributed by atoms with Gasteiger partial charge < -0.3 is 5.32 Å². The Kier molecular flexibility index (Phi) is 4.56. The van der Waals surface area contributed by atoms with E-state index < -0.39 is 10.0 Å². The van der Waals surface area contributed by atoms with Gasteiger partial charge in [-0.2, -0.15) is 0 Å². The molecule has 0 unspecified atom stereocenters. The van der Waals surface area contributed by atoms with Crippen LogP contribution in [0.2, 0.25) is 0 Å². The Morgan fingerprint density at radius 3 is 2.71 bits per heavy atom. The maximum atomic E-state index is 12.4. The van der Waals surface area contributed by atoms with Gasteiger partial charge >= 0.3 is 0 Å². The number of carbonyl (C=O) groups excluding carboxylic acids is 1. The Balaban J connectivity index is 1.82. The van der Waals surface area contributed by atoms with Crippen molar-refractivity contribution in [2.24, 2.45) is 0 Å². The van der Waals surface area contributed by atoms with Crippen LogP contribution < -0.4 is 9.62 Å². The number of carbonyl (C=O) groups is 1. The van der Waals surface area contributed by atoms with Crippen molar-refractivity contribution in [3.05, 3.63) is 53.6 Å². The van der Waals surface area contributed by atoms with Crippen LogP contribution in [0, 0.1) is 0 Å². The average molecular weight is 362 g/mol. The third kappa shape index (κ3) is 3.42. The molecule has 1 N–H and O–H groups in total. The zero-order chi connectivity index (χ0) is 17.3. The predicted octanol–water partition coefficient (Wildman–Crippen LogP) is 2.98. The van der Waals surface area contributed by atoms with E-state index >= 15 is 0 Å². The van der Waals surface area contributed by atoms with E-state index in [9.17, 15) is 13.2 Å². The standard InChI is InChI=1S/C17H18N2O3S2/c1-23-15-5-3-4-14(11-15)18-17(20)13-6-7-16-12(10-13)8-9-19(16)24(2,21)22/h3-7,10-11H,8-9H2,1-2H3,(H,18,20). The number of thioether (sulfide) groups is 1. The van der Waals surface area contributed by atoms with Crippen LogP contribution >= 0.6 is 11.8 Å². The smallest absolute Gasteiger partial charge is 0.255 e. The SMILES string of the molecule is CSc1cccc(NC(=O)c2ccc3c(c2)CCN3S(C)(=O)=O)c1. The van der Waals surface area contributed by atoms with Gasteiger partial charge in [-0.1, -0.05) is 6.07 Å². The van der Waals surface area contributed by atoms with Gasteiger partial charge in [-0.3, -0.25) is 9.10 Å². The van der Waals surface area contributed by atoms with Gasteiger partial charge in [-0.15, -0.1) is 11.8 Å². The largest absolute Gasteiger partial charge is 0.322 e. The molecule has 1 heterocycles. The zero-order valence-corrected chi connectivity index (χ0v) is 15.1. The maximum absolute atomic E-state index is 12.4. The Morgan fingerprint density at radius 2 is 2.00 bits per heavy atom. The van der Waals surface area contributed by atoms with Crippen molar-refractivity contribution in [1.29, 1.82) is 0 Å². The Hall–Kier alpha value is -1.99. The Labute approximate surface area is 146 Å². The van der Waals surface area contributed by atoms with Crippen LogP contribution in [0.5, 0.6) is 0 Å². The number of rotatable bonds is 4. The summed E-state index contributed by atoms with van der Waals surface area (Å²) in [7, 11) is -3.27. The molecule has 1 aliphatic heterocycles. The molecule has 0 spiro atoms. The van der Waals surface area contributed by atoms with Crippen LogP contribution in [0.1, 0.15) is 15.9 Å². The lowest BCUT2D eigenvalue weighted by molar-refractivity contribution is 0.102. The van der Waals surface area contributed by atoms with Gasteiger partial charge in [-0.05, 0) is 54.6 Å². The van der Waals surface area contributed by atoms with Crippen LogP contribution in [-0.4, -0.2) is 33.4 Å². The van der Waals surface area contributed by atoms with Crippen LogP contribution in [-0.2, 0) is 16.4 Å². The number of sulfonamides is 1. The lowest BCUT2D eigenvalue weighted by Crippen LogP contribution is -2.27. The van der Waals surface area contributed by atoms with E-state index in [0.29, 0.717) is 24.2 Å². The fourth-order valence-corrected chi connectivity index (χ4v) is 4.18. The van der Waals surface area contributed by atoms with Gasteiger partial charge in [0.15, 0.2) is 0 Å². The minimum Gasteiger partial charge on any atom is -0.322 e. The number of amides is 1. The van der Waals surface area contributed by atoms with Crippen molar-refractivity contribution >= 4 is 39.1 Å². The first kappa shape index (κ1) is 16.9. The summed E-state index contributed by atoms with van der Waals surface area (Å²) in [4.78, 5) is 13.5. The minimum absolute atomic E-state index is 0.200. The molecule has 0 aliphatic carbocycles. The molecule has 3 rings (SSSR count). The van der Waals surface area contributed by atoms with E-state index in [-0.39, 0.29) is 5.91 Å². The molecule has 24 heavy (non-hydrogen) atoms. The topological polar surface area (TPSA) is 66.5 Å². The maximum Gasteiger partial charge on any atom is 0.255 e. The molecule has 126 valence electrons. The van der Waals surface area contributed by atoms with Gasteiger partial charge in [0, 0.05) is 22.7 Å². The van der Waals surface area contributed by atoms with Crippen molar-refractivity contribution in [3.8, 4) is 0 Å². The summed E-state index contributed by atoms with van der Waals surface area (Å²) in [5, 5.41) is 2.88. The highest BCUT2D eigenvalue weighted by Gasteiger charge is 2.26. The molecule has 0 bridgehead atoms. The summed E-state index contributed by atoms with van der Waals surface area (Å²) in [5.41, 5.74) is 2.81.